The van der Waals surface area contributed by atoms with Crippen LogP contribution >= 0.6 is 11.6 Å². The molecule has 5 heteroatoms. The lowest BCUT2D eigenvalue weighted by Crippen LogP contribution is -2.57. The molecule has 0 radical (unpaired) electrons. The lowest BCUT2D eigenvalue weighted by Gasteiger charge is -2.47. The third-order valence-corrected chi connectivity index (χ3v) is 4.93. The summed E-state index contributed by atoms with van der Waals surface area (Å²) in [6.45, 7) is 3.80. The third-order valence-electron chi connectivity index (χ3n) is 4.48. The molecule has 0 aliphatic carbocycles. The molecule has 1 saturated heterocycles. The zero-order valence-corrected chi connectivity index (χ0v) is 13.0. The monoisotopic (exact) mass is 315 g/mol. The van der Waals surface area contributed by atoms with Crippen molar-refractivity contribution in [3.63, 3.8) is 0 Å². The van der Waals surface area contributed by atoms with Gasteiger partial charge in [-0.25, -0.2) is 4.79 Å². The van der Waals surface area contributed by atoms with Crippen molar-refractivity contribution < 1.29 is 14.3 Å². The molecule has 2 heterocycles. The molecule has 112 valence electrons. The largest absolute Gasteiger partial charge is 0.412 e. The topological polar surface area (TPSA) is 46.6 Å². The summed E-state index contributed by atoms with van der Waals surface area (Å²) in [4.78, 5) is 25.4. The van der Waals surface area contributed by atoms with Crippen molar-refractivity contribution in [3.8, 4) is 0 Å². The quantitative estimate of drug-likeness (QED) is 0.325. The first-order chi connectivity index (χ1) is 10.3. The molecule has 1 fully saturated rings. The van der Waals surface area contributed by atoms with Crippen LogP contribution in [0, 0.1) is 0 Å². The minimum absolute atomic E-state index is 0.609. The summed E-state index contributed by atoms with van der Waals surface area (Å²) >= 11 is 6.64. The Labute approximate surface area is 132 Å². The fraction of sp³-hybridized carbons (Fsp3) is 0.294. The normalized spacial score (nSPS) is 25.9. The maximum absolute atomic E-state index is 12.2. The van der Waals surface area contributed by atoms with Crippen molar-refractivity contribution >= 4 is 34.2 Å². The van der Waals surface area contributed by atoms with Crippen LogP contribution in [-0.2, 0) is 25.9 Å². The van der Waals surface area contributed by atoms with E-state index in [0.29, 0.717) is 12.0 Å². The Hall–Kier alpha value is -2.07. The highest BCUT2D eigenvalue weighted by Crippen LogP contribution is 2.51. The summed E-state index contributed by atoms with van der Waals surface area (Å²) in [5.74, 6) is -1.58. The number of amides is 1. The molecule has 1 amide bonds. The third kappa shape index (κ3) is 1.53. The van der Waals surface area contributed by atoms with E-state index in [1.807, 2.05) is 50.2 Å². The van der Waals surface area contributed by atoms with Gasteiger partial charge in [-0.1, -0.05) is 36.4 Å². The molecule has 0 bridgehead atoms. The zero-order chi connectivity index (χ0) is 15.7. The molecule has 2 aromatic carbocycles. The van der Waals surface area contributed by atoms with Gasteiger partial charge < -0.3 is 4.74 Å². The number of esters is 1. The van der Waals surface area contributed by atoms with Gasteiger partial charge in [0, 0.05) is 11.1 Å². The Kier molecular flexibility index (Phi) is 2.48. The highest BCUT2D eigenvalue weighted by molar-refractivity contribution is 6.39. The van der Waals surface area contributed by atoms with Crippen molar-refractivity contribution in [2.45, 2.75) is 31.0 Å². The minimum atomic E-state index is -1.55. The van der Waals surface area contributed by atoms with Crippen LogP contribution in [0.1, 0.15) is 25.0 Å². The predicted octanol–water partition coefficient (Wildman–Crippen LogP) is 2.91. The van der Waals surface area contributed by atoms with Crippen LogP contribution < -0.4 is 0 Å². The Morgan fingerprint density at radius 2 is 1.86 bits per heavy atom. The standard InChI is InChI=1S/C17H14ClNO3/c1-16(2)9-12-11-6-4-3-5-10(11)7-8-13(12)17(18)19(16)14(20)15(21)22-17/h3-8H,9H2,1-2H3. The second kappa shape index (κ2) is 4.02. The number of hydrogen-bond donors (Lipinski definition) is 0. The van der Waals surface area contributed by atoms with E-state index >= 15 is 0 Å². The Bertz CT molecular complexity index is 845. The summed E-state index contributed by atoms with van der Waals surface area (Å²) < 4.78 is 5.28. The molecule has 4 nitrogen and oxygen atoms in total. The fourth-order valence-electron chi connectivity index (χ4n) is 3.60. The van der Waals surface area contributed by atoms with E-state index in [1.165, 1.54) is 4.90 Å². The lowest BCUT2D eigenvalue weighted by molar-refractivity contribution is -0.150. The van der Waals surface area contributed by atoms with Crippen LogP contribution in [0.4, 0.5) is 0 Å². The molecule has 2 aliphatic rings. The molecule has 4 rings (SSSR count). The van der Waals surface area contributed by atoms with E-state index in [4.69, 9.17) is 16.3 Å². The van der Waals surface area contributed by atoms with Gasteiger partial charge in [0.1, 0.15) is 0 Å². The number of benzene rings is 2. The van der Waals surface area contributed by atoms with Gasteiger partial charge in [0.05, 0.1) is 0 Å². The van der Waals surface area contributed by atoms with Crippen LogP contribution in [0.2, 0.25) is 0 Å². The van der Waals surface area contributed by atoms with Gasteiger partial charge in [-0.05, 0) is 48.2 Å². The number of hydrogen-bond acceptors (Lipinski definition) is 3. The number of ether oxygens (including phenoxy) is 1. The van der Waals surface area contributed by atoms with Gasteiger partial charge in [-0.3, -0.25) is 9.69 Å². The smallest absolute Gasteiger partial charge is 0.400 e. The van der Waals surface area contributed by atoms with Crippen LogP contribution in [0.5, 0.6) is 0 Å². The van der Waals surface area contributed by atoms with Gasteiger partial charge in [-0.15, -0.1) is 0 Å². The van der Waals surface area contributed by atoms with Crippen LogP contribution in [0.3, 0.4) is 0 Å². The molecule has 1 unspecified atom stereocenters. The zero-order valence-electron chi connectivity index (χ0n) is 12.2. The van der Waals surface area contributed by atoms with Crippen LogP contribution in [0.25, 0.3) is 10.8 Å². The number of fused-ring (bicyclic) bond motifs is 5. The summed E-state index contributed by atoms with van der Waals surface area (Å²) in [5, 5.41) is 0.625. The number of carbonyl (C=O) groups is 2. The first-order valence-electron chi connectivity index (χ1n) is 7.12. The number of rotatable bonds is 0. The summed E-state index contributed by atoms with van der Waals surface area (Å²) in [6, 6.07) is 11.8. The average molecular weight is 316 g/mol. The Morgan fingerprint density at radius 1 is 1.14 bits per heavy atom. The maximum atomic E-state index is 12.2. The average Bonchev–Trinajstić information content (AvgIpc) is 2.70. The summed E-state index contributed by atoms with van der Waals surface area (Å²) in [7, 11) is 0. The molecule has 2 aliphatic heterocycles. The first kappa shape index (κ1) is 13.6. The van der Waals surface area contributed by atoms with E-state index in [2.05, 4.69) is 0 Å². The van der Waals surface area contributed by atoms with Crippen molar-refractivity contribution in [1.29, 1.82) is 0 Å². The summed E-state index contributed by atoms with van der Waals surface area (Å²) in [6.07, 6.45) is 0.612. The second-order valence-electron chi connectivity index (χ2n) is 6.39. The van der Waals surface area contributed by atoms with E-state index < -0.39 is 22.6 Å². The van der Waals surface area contributed by atoms with Crippen LogP contribution in [0.15, 0.2) is 36.4 Å². The molecule has 0 N–H and O–H groups in total. The SMILES string of the molecule is CC1(C)Cc2c(ccc3ccccc23)C2(Cl)OC(=O)C(=O)N12. The van der Waals surface area contributed by atoms with Crippen LogP contribution in [-0.4, -0.2) is 22.3 Å². The molecule has 0 aromatic heterocycles. The highest BCUT2D eigenvalue weighted by Gasteiger charge is 2.61. The molecule has 22 heavy (non-hydrogen) atoms. The number of carbonyl (C=O) groups excluding carboxylic acids is 2. The van der Waals surface area contributed by atoms with Crippen molar-refractivity contribution in [1.82, 2.24) is 4.90 Å². The van der Waals surface area contributed by atoms with Crippen molar-refractivity contribution in [2.75, 3.05) is 0 Å². The van der Waals surface area contributed by atoms with E-state index in [1.54, 1.807) is 0 Å². The lowest BCUT2D eigenvalue weighted by atomic mass is 9.82. The number of alkyl halides is 1. The van der Waals surface area contributed by atoms with Gasteiger partial charge in [0.25, 0.3) is 5.18 Å². The van der Waals surface area contributed by atoms with Gasteiger partial charge in [-0.2, -0.15) is 0 Å². The Morgan fingerprint density at radius 3 is 2.64 bits per heavy atom. The van der Waals surface area contributed by atoms with Gasteiger partial charge in [0.15, 0.2) is 0 Å². The van der Waals surface area contributed by atoms with E-state index in [9.17, 15) is 9.59 Å². The summed E-state index contributed by atoms with van der Waals surface area (Å²) in [5.41, 5.74) is 1.09. The second-order valence-corrected chi connectivity index (χ2v) is 6.91. The van der Waals surface area contributed by atoms with Gasteiger partial charge in [0.2, 0.25) is 0 Å². The van der Waals surface area contributed by atoms with Crippen molar-refractivity contribution in [3.05, 3.63) is 47.5 Å². The predicted molar refractivity (Wildman–Crippen MR) is 82.2 cm³/mol. The fourth-order valence-corrected chi connectivity index (χ4v) is 4.15. The Balaban J connectivity index is 2.07. The molecule has 0 spiro atoms. The molecular weight excluding hydrogens is 302 g/mol. The molecule has 0 saturated carbocycles. The highest BCUT2D eigenvalue weighted by atomic mass is 35.5. The van der Waals surface area contributed by atoms with Crippen molar-refractivity contribution in [2.24, 2.45) is 0 Å². The number of nitrogens with zero attached hydrogens (tertiary/aromatic N) is 1. The van der Waals surface area contributed by atoms with E-state index in [0.717, 1.165) is 16.3 Å². The maximum Gasteiger partial charge on any atom is 0.400 e. The number of halogens is 1. The minimum Gasteiger partial charge on any atom is -0.412 e. The first-order valence-corrected chi connectivity index (χ1v) is 7.50. The van der Waals surface area contributed by atoms with E-state index in [-0.39, 0.29) is 0 Å². The molecular formula is C17H14ClNO3. The van der Waals surface area contributed by atoms with Gasteiger partial charge >= 0.3 is 11.9 Å². The molecule has 2 aromatic rings. The molecule has 1 atom stereocenters.